The second-order valence-electron chi connectivity index (χ2n) is 6.77. The molecule has 0 saturated carbocycles. The lowest BCUT2D eigenvalue weighted by atomic mass is 10.2. The summed E-state index contributed by atoms with van der Waals surface area (Å²) in [6, 6.07) is 9.45. The van der Waals surface area contributed by atoms with E-state index in [0.29, 0.717) is 23.1 Å². The third kappa shape index (κ3) is 5.32. The topological polar surface area (TPSA) is 98.5 Å². The maximum Gasteiger partial charge on any atom is 0.238 e. The molecule has 3 heterocycles. The zero-order chi connectivity index (χ0) is 21.8. The number of rotatable bonds is 8. The van der Waals surface area contributed by atoms with E-state index in [1.807, 2.05) is 11.4 Å². The number of carbonyl (C=O) groups is 1. The van der Waals surface area contributed by atoms with E-state index in [0.717, 1.165) is 24.6 Å². The highest BCUT2D eigenvalue weighted by atomic mass is 35.5. The number of nitrogens with one attached hydrogen (secondary N) is 1. The van der Waals surface area contributed by atoms with Crippen molar-refractivity contribution in [1.29, 1.82) is 0 Å². The highest BCUT2D eigenvalue weighted by Gasteiger charge is 2.29. The number of benzene rings is 1. The van der Waals surface area contributed by atoms with Crippen molar-refractivity contribution < 1.29 is 22.4 Å². The normalized spacial score (nSPS) is 16.5. The van der Waals surface area contributed by atoms with Crippen LogP contribution < -0.4 is 5.32 Å². The summed E-state index contributed by atoms with van der Waals surface area (Å²) in [4.78, 5) is 17.3. The molecule has 0 bridgehead atoms. The average Bonchev–Trinajstić information content (AvgIpc) is 3.52. The summed E-state index contributed by atoms with van der Waals surface area (Å²) in [5, 5.41) is 4.95. The average molecular weight is 499 g/mol. The number of ether oxygens (including phenoxy) is 1. The van der Waals surface area contributed by atoms with E-state index >= 15 is 0 Å². The molecule has 31 heavy (non-hydrogen) atoms. The zero-order valence-electron chi connectivity index (χ0n) is 16.2. The van der Waals surface area contributed by atoms with Crippen LogP contribution in [0.1, 0.15) is 12.8 Å². The van der Waals surface area contributed by atoms with Gasteiger partial charge in [0.1, 0.15) is 0 Å². The predicted octanol–water partition coefficient (Wildman–Crippen LogP) is 4.28. The number of aromatic nitrogens is 1. The van der Waals surface area contributed by atoms with E-state index in [4.69, 9.17) is 20.8 Å². The second kappa shape index (κ2) is 9.74. The van der Waals surface area contributed by atoms with Gasteiger partial charge in [-0.25, -0.2) is 8.42 Å². The Bertz CT molecular complexity index is 1140. The molecule has 1 aromatic carbocycles. The summed E-state index contributed by atoms with van der Waals surface area (Å²) in [7, 11) is -3.96. The minimum Gasteiger partial charge on any atom is -0.428 e. The van der Waals surface area contributed by atoms with E-state index in [2.05, 4.69) is 10.3 Å². The van der Waals surface area contributed by atoms with E-state index in [-0.39, 0.29) is 38.7 Å². The fourth-order valence-electron chi connectivity index (χ4n) is 3.00. The standard InChI is InChI=1S/C20H19ClN2O5S3/c21-13-5-7-15(8-6-13)31(25,26)19-20(28-18(23-19)16-4-2-10-29-16)30-12-17(24)22-11-14-3-1-9-27-14/h2,4-8,10,14H,1,3,9,11-12H2,(H,22,24)/t14-/m0/s1. The third-order valence-corrected chi connectivity index (χ3v) is 8.43. The number of nitrogens with zero attached hydrogens (tertiary/aromatic N) is 1. The van der Waals surface area contributed by atoms with Crippen LogP contribution in [0, 0.1) is 0 Å². The maximum absolute atomic E-state index is 13.2. The molecule has 1 amide bonds. The zero-order valence-corrected chi connectivity index (χ0v) is 19.5. The molecule has 1 atom stereocenters. The van der Waals surface area contributed by atoms with Crippen molar-refractivity contribution in [3.63, 3.8) is 0 Å². The first-order valence-electron chi connectivity index (χ1n) is 9.50. The Morgan fingerprint density at radius 1 is 1.29 bits per heavy atom. The Balaban J connectivity index is 1.55. The smallest absolute Gasteiger partial charge is 0.238 e. The molecule has 0 aliphatic carbocycles. The van der Waals surface area contributed by atoms with Gasteiger partial charge in [0.05, 0.1) is 21.6 Å². The highest BCUT2D eigenvalue weighted by molar-refractivity contribution is 8.00. The molecule has 11 heteroatoms. The largest absolute Gasteiger partial charge is 0.428 e. The van der Waals surface area contributed by atoms with Crippen molar-refractivity contribution in [2.45, 2.75) is 34.0 Å². The highest BCUT2D eigenvalue weighted by Crippen LogP contribution is 2.36. The molecule has 1 fully saturated rings. The van der Waals surface area contributed by atoms with Crippen LogP contribution in [-0.4, -0.2) is 44.3 Å². The van der Waals surface area contributed by atoms with Crippen LogP contribution >= 0.6 is 34.7 Å². The number of hydrogen-bond acceptors (Lipinski definition) is 8. The number of hydrogen-bond donors (Lipinski definition) is 1. The molecule has 0 spiro atoms. The van der Waals surface area contributed by atoms with Gasteiger partial charge in [0, 0.05) is 18.2 Å². The monoisotopic (exact) mass is 498 g/mol. The van der Waals surface area contributed by atoms with Crippen LogP contribution in [0.4, 0.5) is 0 Å². The third-order valence-electron chi connectivity index (χ3n) is 4.56. The summed E-state index contributed by atoms with van der Waals surface area (Å²) >= 11 is 8.27. The van der Waals surface area contributed by atoms with Crippen molar-refractivity contribution >= 4 is 50.4 Å². The number of thiophene rings is 1. The first kappa shape index (κ1) is 22.3. The fraction of sp³-hybridized carbons (Fsp3) is 0.300. The van der Waals surface area contributed by atoms with Crippen LogP contribution in [0.2, 0.25) is 5.02 Å². The Kier molecular flexibility index (Phi) is 7.02. The molecule has 2 aromatic heterocycles. The Labute approximate surface area is 193 Å². The van der Waals surface area contributed by atoms with Crippen molar-refractivity contribution in [3.05, 3.63) is 46.8 Å². The quantitative estimate of drug-likeness (QED) is 0.463. The predicted molar refractivity (Wildman–Crippen MR) is 119 cm³/mol. The number of halogens is 1. The van der Waals surface area contributed by atoms with Gasteiger partial charge in [-0.05, 0) is 48.6 Å². The molecule has 7 nitrogen and oxygen atoms in total. The van der Waals surface area contributed by atoms with Crippen molar-refractivity contribution in [2.75, 3.05) is 18.9 Å². The molecule has 0 unspecified atom stereocenters. The van der Waals surface area contributed by atoms with Crippen LogP contribution in [0.25, 0.3) is 10.8 Å². The lowest BCUT2D eigenvalue weighted by molar-refractivity contribution is -0.119. The minimum atomic E-state index is -3.96. The molecule has 164 valence electrons. The van der Waals surface area contributed by atoms with Gasteiger partial charge in [-0.1, -0.05) is 29.4 Å². The fourth-order valence-corrected chi connectivity index (χ4v) is 6.13. The Morgan fingerprint density at radius 3 is 2.77 bits per heavy atom. The number of carbonyl (C=O) groups excluding carboxylic acids is 1. The number of sulfone groups is 1. The van der Waals surface area contributed by atoms with Gasteiger partial charge >= 0.3 is 0 Å². The van der Waals surface area contributed by atoms with E-state index in [9.17, 15) is 13.2 Å². The molecule has 1 saturated heterocycles. The first-order chi connectivity index (χ1) is 14.9. The van der Waals surface area contributed by atoms with Gasteiger partial charge in [0.2, 0.25) is 31.8 Å². The summed E-state index contributed by atoms with van der Waals surface area (Å²) in [5.41, 5.74) is 0. The second-order valence-corrected chi connectivity index (χ2v) is 11.0. The SMILES string of the molecule is O=C(CSc1oc(-c2cccs2)nc1S(=O)(=O)c1ccc(Cl)cc1)NC[C@@H]1CCCO1. The number of oxazole rings is 1. The van der Waals surface area contributed by atoms with Crippen LogP contribution in [0.3, 0.4) is 0 Å². The molecule has 1 aliphatic rings. The number of amides is 1. The van der Waals surface area contributed by atoms with Gasteiger partial charge in [-0.3, -0.25) is 4.79 Å². The molecule has 3 aromatic rings. The van der Waals surface area contributed by atoms with Crippen LogP contribution in [0.15, 0.2) is 61.2 Å². The van der Waals surface area contributed by atoms with Crippen molar-refractivity contribution in [1.82, 2.24) is 10.3 Å². The summed E-state index contributed by atoms with van der Waals surface area (Å²) in [5.74, 6) is -0.0382. The van der Waals surface area contributed by atoms with Gasteiger partial charge < -0.3 is 14.5 Å². The molecule has 1 N–H and O–H groups in total. The Morgan fingerprint density at radius 2 is 2.10 bits per heavy atom. The summed E-state index contributed by atoms with van der Waals surface area (Å²) < 4.78 is 37.7. The molecular weight excluding hydrogens is 480 g/mol. The number of thioether (sulfide) groups is 1. The first-order valence-corrected chi connectivity index (χ1v) is 13.2. The van der Waals surface area contributed by atoms with Crippen molar-refractivity contribution in [2.24, 2.45) is 0 Å². The van der Waals surface area contributed by atoms with Crippen LogP contribution in [-0.2, 0) is 19.4 Å². The molecular formula is C20H19ClN2O5S3. The maximum atomic E-state index is 13.2. The van der Waals surface area contributed by atoms with E-state index in [1.54, 1.807) is 6.07 Å². The summed E-state index contributed by atoms with van der Waals surface area (Å²) in [6.07, 6.45) is 1.94. The van der Waals surface area contributed by atoms with Gasteiger partial charge in [0.25, 0.3) is 0 Å². The van der Waals surface area contributed by atoms with Crippen molar-refractivity contribution in [3.8, 4) is 10.8 Å². The van der Waals surface area contributed by atoms with Crippen LogP contribution in [0.5, 0.6) is 0 Å². The molecule has 4 rings (SSSR count). The van der Waals surface area contributed by atoms with Gasteiger partial charge in [0.15, 0.2) is 0 Å². The molecule has 0 radical (unpaired) electrons. The lowest BCUT2D eigenvalue weighted by Gasteiger charge is -2.10. The Hall–Kier alpha value is -1.85. The van der Waals surface area contributed by atoms with E-state index < -0.39 is 9.84 Å². The minimum absolute atomic E-state index is 0.00503. The summed E-state index contributed by atoms with van der Waals surface area (Å²) in [6.45, 7) is 1.15. The lowest BCUT2D eigenvalue weighted by Crippen LogP contribution is -2.32. The van der Waals surface area contributed by atoms with E-state index in [1.165, 1.54) is 35.6 Å². The molecule has 1 aliphatic heterocycles. The van der Waals surface area contributed by atoms with Gasteiger partial charge in [-0.15, -0.1) is 11.3 Å². The van der Waals surface area contributed by atoms with Gasteiger partial charge in [-0.2, -0.15) is 4.98 Å².